The Balaban J connectivity index is 3.21. The zero-order chi connectivity index (χ0) is 13.1. The Labute approximate surface area is 115 Å². The number of hydrogen-bond acceptors (Lipinski definition) is 3. The van der Waals surface area contributed by atoms with E-state index in [1.54, 1.807) is 12.1 Å². The summed E-state index contributed by atoms with van der Waals surface area (Å²) in [6, 6.07) is 4.79. The molecular formula is C11H12INO3S. The predicted molar refractivity (Wildman–Crippen MR) is 74.4 cm³/mol. The second-order valence-electron chi connectivity index (χ2n) is 3.26. The van der Waals surface area contributed by atoms with Gasteiger partial charge in [-0.2, -0.15) is 4.31 Å². The fraction of sp³-hybridized carbons (Fsp3) is 0.273. The van der Waals surface area contributed by atoms with Gasteiger partial charge in [0.25, 0.3) is 0 Å². The van der Waals surface area contributed by atoms with Gasteiger partial charge in [0.1, 0.15) is 5.75 Å². The fourth-order valence-corrected chi connectivity index (χ4v) is 3.65. The van der Waals surface area contributed by atoms with Crippen molar-refractivity contribution >= 4 is 32.6 Å². The van der Waals surface area contributed by atoms with Crippen molar-refractivity contribution in [3.8, 4) is 18.1 Å². The maximum Gasteiger partial charge on any atom is 0.244 e. The molecule has 1 aromatic rings. The van der Waals surface area contributed by atoms with E-state index in [1.165, 1.54) is 20.2 Å². The van der Waals surface area contributed by atoms with Crippen molar-refractivity contribution < 1.29 is 13.2 Å². The number of sulfonamides is 1. The highest BCUT2D eigenvalue weighted by molar-refractivity contribution is 14.1. The van der Waals surface area contributed by atoms with Gasteiger partial charge in [-0.25, -0.2) is 8.42 Å². The van der Waals surface area contributed by atoms with Gasteiger partial charge in [0, 0.05) is 10.6 Å². The molecule has 17 heavy (non-hydrogen) atoms. The summed E-state index contributed by atoms with van der Waals surface area (Å²) in [6.45, 7) is 0.0461. The molecule has 0 radical (unpaired) electrons. The predicted octanol–water partition coefficient (Wildman–Crippen LogP) is 1.55. The van der Waals surface area contributed by atoms with Gasteiger partial charge in [-0.3, -0.25) is 0 Å². The first-order valence-electron chi connectivity index (χ1n) is 4.67. The SMILES string of the molecule is C#CCN(C)S(=O)(=O)c1ccc(OC)cc1I. The first-order valence-corrected chi connectivity index (χ1v) is 7.18. The van der Waals surface area contributed by atoms with Crippen molar-refractivity contribution in [3.63, 3.8) is 0 Å². The van der Waals surface area contributed by atoms with E-state index >= 15 is 0 Å². The lowest BCUT2D eigenvalue weighted by molar-refractivity contribution is 0.414. The van der Waals surface area contributed by atoms with Crippen LogP contribution >= 0.6 is 22.6 Å². The summed E-state index contributed by atoms with van der Waals surface area (Å²) in [5.41, 5.74) is 0. The Bertz CT molecular complexity index is 548. The summed E-state index contributed by atoms with van der Waals surface area (Å²) in [4.78, 5) is 0.233. The van der Waals surface area contributed by atoms with Crippen LogP contribution in [0.2, 0.25) is 0 Å². The summed E-state index contributed by atoms with van der Waals surface area (Å²) in [5.74, 6) is 2.92. The number of benzene rings is 1. The lowest BCUT2D eigenvalue weighted by Crippen LogP contribution is -2.27. The minimum atomic E-state index is -3.53. The largest absolute Gasteiger partial charge is 0.497 e. The number of halogens is 1. The first-order chi connectivity index (χ1) is 7.93. The van der Waals surface area contributed by atoms with Crippen LogP contribution in [0.25, 0.3) is 0 Å². The van der Waals surface area contributed by atoms with Gasteiger partial charge in [0.15, 0.2) is 0 Å². The topological polar surface area (TPSA) is 46.6 Å². The van der Waals surface area contributed by atoms with Crippen LogP contribution in [0.3, 0.4) is 0 Å². The van der Waals surface area contributed by atoms with E-state index in [2.05, 4.69) is 5.92 Å². The molecule has 92 valence electrons. The molecule has 0 N–H and O–H groups in total. The van der Waals surface area contributed by atoms with E-state index in [4.69, 9.17) is 11.2 Å². The summed E-state index contributed by atoms with van der Waals surface area (Å²) < 4.78 is 31.0. The number of ether oxygens (including phenoxy) is 1. The van der Waals surface area contributed by atoms with Crippen molar-refractivity contribution in [1.82, 2.24) is 4.31 Å². The average molecular weight is 365 g/mol. The molecule has 0 atom stereocenters. The van der Waals surface area contributed by atoms with Crippen molar-refractivity contribution in [2.45, 2.75) is 4.90 Å². The number of terminal acetylenes is 1. The van der Waals surface area contributed by atoms with Crippen LogP contribution in [0.4, 0.5) is 0 Å². The van der Waals surface area contributed by atoms with Gasteiger partial charge in [0.05, 0.1) is 18.6 Å². The molecule has 0 spiro atoms. The van der Waals surface area contributed by atoms with Crippen LogP contribution < -0.4 is 4.74 Å². The van der Waals surface area contributed by atoms with Crippen LogP contribution in [0.15, 0.2) is 23.1 Å². The van der Waals surface area contributed by atoms with Gasteiger partial charge in [-0.1, -0.05) is 5.92 Å². The van der Waals surface area contributed by atoms with Crippen LogP contribution in [0, 0.1) is 15.9 Å². The van der Waals surface area contributed by atoms with E-state index in [-0.39, 0.29) is 11.4 Å². The third-order valence-electron chi connectivity index (χ3n) is 2.14. The Kier molecular flexibility index (Phi) is 4.80. The lowest BCUT2D eigenvalue weighted by atomic mass is 10.3. The highest BCUT2D eigenvalue weighted by Crippen LogP contribution is 2.25. The van der Waals surface area contributed by atoms with Crippen LogP contribution in [-0.2, 0) is 10.0 Å². The second kappa shape index (κ2) is 5.71. The standard InChI is InChI=1S/C11H12INO3S/c1-4-7-13(2)17(14,15)11-6-5-9(16-3)8-10(11)12/h1,5-6,8H,7H2,2-3H3. The number of nitrogens with zero attached hydrogens (tertiary/aromatic N) is 1. The maximum absolute atomic E-state index is 12.1. The quantitative estimate of drug-likeness (QED) is 0.601. The maximum atomic E-state index is 12.1. The molecule has 0 aliphatic heterocycles. The first kappa shape index (κ1) is 14.3. The van der Waals surface area contributed by atoms with E-state index < -0.39 is 10.0 Å². The molecule has 1 rings (SSSR count). The molecule has 0 saturated heterocycles. The molecule has 6 heteroatoms. The lowest BCUT2D eigenvalue weighted by Gasteiger charge is -2.15. The zero-order valence-electron chi connectivity index (χ0n) is 9.47. The van der Waals surface area contributed by atoms with Gasteiger partial charge in [-0.15, -0.1) is 6.42 Å². The van der Waals surface area contributed by atoms with E-state index in [1.807, 2.05) is 22.6 Å². The molecule has 0 saturated carbocycles. The molecular weight excluding hydrogens is 353 g/mol. The highest BCUT2D eigenvalue weighted by Gasteiger charge is 2.22. The Hall–Kier alpha value is -0.780. The second-order valence-corrected chi connectivity index (χ2v) is 6.44. The van der Waals surface area contributed by atoms with Gasteiger partial charge in [0.2, 0.25) is 10.0 Å². The van der Waals surface area contributed by atoms with Crippen molar-refractivity contribution in [2.75, 3.05) is 20.7 Å². The van der Waals surface area contributed by atoms with Gasteiger partial charge >= 0.3 is 0 Å². The van der Waals surface area contributed by atoms with Gasteiger partial charge in [-0.05, 0) is 40.8 Å². The minimum absolute atomic E-state index is 0.0461. The summed E-state index contributed by atoms with van der Waals surface area (Å²) in [7, 11) is -0.543. The normalized spacial score (nSPS) is 11.2. The van der Waals surface area contributed by atoms with E-state index in [9.17, 15) is 8.42 Å². The summed E-state index contributed by atoms with van der Waals surface area (Å²) in [6.07, 6.45) is 5.11. The molecule has 0 bridgehead atoms. The van der Waals surface area contributed by atoms with Crippen LogP contribution in [0.1, 0.15) is 0 Å². The molecule has 0 unspecified atom stereocenters. The Morgan fingerprint density at radius 3 is 2.65 bits per heavy atom. The molecule has 0 aliphatic carbocycles. The Morgan fingerprint density at radius 1 is 1.53 bits per heavy atom. The zero-order valence-corrected chi connectivity index (χ0v) is 12.4. The fourth-order valence-electron chi connectivity index (χ4n) is 1.20. The number of methoxy groups -OCH3 is 1. The monoisotopic (exact) mass is 365 g/mol. The Morgan fingerprint density at radius 2 is 2.18 bits per heavy atom. The molecule has 4 nitrogen and oxygen atoms in total. The molecule has 0 amide bonds. The van der Waals surface area contributed by atoms with Crippen LogP contribution in [0.5, 0.6) is 5.75 Å². The van der Waals surface area contributed by atoms with Gasteiger partial charge < -0.3 is 4.74 Å². The van der Waals surface area contributed by atoms with E-state index in [0.29, 0.717) is 9.32 Å². The third-order valence-corrected chi connectivity index (χ3v) is 5.26. The smallest absolute Gasteiger partial charge is 0.244 e. The molecule has 1 aromatic carbocycles. The number of hydrogen-bond donors (Lipinski definition) is 0. The van der Waals surface area contributed by atoms with Crippen molar-refractivity contribution in [3.05, 3.63) is 21.8 Å². The minimum Gasteiger partial charge on any atom is -0.497 e. The molecule has 0 heterocycles. The third kappa shape index (κ3) is 3.12. The van der Waals surface area contributed by atoms with Crippen LogP contribution in [-0.4, -0.2) is 33.4 Å². The van der Waals surface area contributed by atoms with Crippen molar-refractivity contribution in [2.24, 2.45) is 0 Å². The molecule has 0 aliphatic rings. The highest BCUT2D eigenvalue weighted by atomic mass is 127. The molecule has 0 aromatic heterocycles. The summed E-state index contributed by atoms with van der Waals surface area (Å²) in [5, 5.41) is 0. The number of rotatable bonds is 4. The van der Waals surface area contributed by atoms with Crippen molar-refractivity contribution in [1.29, 1.82) is 0 Å². The van der Waals surface area contributed by atoms with E-state index in [0.717, 1.165) is 4.31 Å². The summed E-state index contributed by atoms with van der Waals surface area (Å²) >= 11 is 1.96. The molecule has 0 fully saturated rings. The average Bonchev–Trinajstić information content (AvgIpc) is 2.28.